The van der Waals surface area contributed by atoms with E-state index in [1.807, 2.05) is 0 Å². The second-order valence-corrected chi connectivity index (χ2v) is 8.41. The van der Waals surface area contributed by atoms with Gasteiger partial charge in [0.15, 0.2) is 0 Å². The molecule has 0 saturated heterocycles. The van der Waals surface area contributed by atoms with Gasteiger partial charge in [-0.3, -0.25) is 14.4 Å². The van der Waals surface area contributed by atoms with E-state index in [9.17, 15) is 27.4 Å². The molecule has 0 radical (unpaired) electrons. The van der Waals surface area contributed by atoms with E-state index in [0.29, 0.717) is 5.75 Å². The number of carbonyl (C=O) groups is 3. The van der Waals surface area contributed by atoms with Crippen LogP contribution < -0.4 is 35.3 Å². The van der Waals surface area contributed by atoms with Gasteiger partial charge in [-0.2, -0.15) is 50.5 Å². The summed E-state index contributed by atoms with van der Waals surface area (Å²) in [7, 11) is -4.11. The fourth-order valence-electron chi connectivity index (χ4n) is 0.805. The number of thiol groups is 4. The largest absolute Gasteiger partial charge is 1.00 e. The zero-order valence-electron chi connectivity index (χ0n) is 14.9. The van der Waals surface area contributed by atoms with Crippen molar-refractivity contribution in [1.29, 1.82) is 0 Å². The summed E-state index contributed by atoms with van der Waals surface area (Å²) in [5.41, 5.74) is 4.94. The van der Waals surface area contributed by atoms with Gasteiger partial charge in [-0.15, -0.1) is 0 Å². The number of aliphatic carboxylic acids is 2. The molecule has 0 amide bonds. The molecular formula is C12H24NNaO8S5. The van der Waals surface area contributed by atoms with Crippen LogP contribution in [0.15, 0.2) is 0 Å². The second kappa shape index (κ2) is 20.2. The third-order valence-corrected chi connectivity index (χ3v) is 5.01. The Hall–Kier alpha value is 0.880. The normalized spacial score (nSPS) is 13.3. The Morgan fingerprint density at radius 1 is 1.07 bits per heavy atom. The van der Waals surface area contributed by atoms with Crippen molar-refractivity contribution >= 4 is 78.4 Å². The zero-order chi connectivity index (χ0) is 21.5. The number of carboxylic acids is 2. The van der Waals surface area contributed by atoms with Gasteiger partial charge < -0.3 is 20.5 Å². The number of rotatable bonds is 9. The van der Waals surface area contributed by atoms with Gasteiger partial charge in [0.25, 0.3) is 0 Å². The SMILES string of the molecule is CC(S)C(=O)CCC(=O)O.N[C@@H](CS)C(=O)O.O=S(=O)([O-])CC(S)CS.[Na+]. The molecule has 27 heavy (non-hydrogen) atoms. The van der Waals surface area contributed by atoms with E-state index >= 15 is 0 Å². The van der Waals surface area contributed by atoms with E-state index < -0.39 is 39.1 Å². The molecule has 156 valence electrons. The van der Waals surface area contributed by atoms with E-state index in [1.54, 1.807) is 6.92 Å². The monoisotopic (exact) mass is 493 g/mol. The Kier molecular flexibility index (Phi) is 26.4. The molecule has 0 aromatic heterocycles. The predicted octanol–water partition coefficient (Wildman–Crippen LogP) is -3.17. The first-order valence-corrected chi connectivity index (χ1v) is 10.8. The summed E-state index contributed by atoms with van der Waals surface area (Å²) in [6.45, 7) is 1.63. The molecule has 15 heteroatoms. The molecule has 0 aliphatic carbocycles. The van der Waals surface area contributed by atoms with E-state index in [2.05, 4.69) is 50.5 Å². The first-order chi connectivity index (χ1) is 11.7. The smallest absolute Gasteiger partial charge is 0.748 e. The first kappa shape index (κ1) is 35.3. The molecule has 0 aliphatic rings. The number of hydrogen-bond donors (Lipinski definition) is 7. The molecule has 0 heterocycles. The molecule has 4 N–H and O–H groups in total. The topological polar surface area (TPSA) is 175 Å². The number of carbonyl (C=O) groups excluding carboxylic acids is 1. The van der Waals surface area contributed by atoms with Crippen molar-refractivity contribution in [3.63, 3.8) is 0 Å². The van der Waals surface area contributed by atoms with Gasteiger partial charge in [0.2, 0.25) is 0 Å². The molecule has 9 nitrogen and oxygen atoms in total. The Balaban J connectivity index is -0.000000146. The number of ketones is 1. The van der Waals surface area contributed by atoms with Crippen LogP contribution >= 0.6 is 50.5 Å². The minimum atomic E-state index is -4.11. The van der Waals surface area contributed by atoms with Gasteiger partial charge in [0.1, 0.15) is 11.8 Å². The molecule has 0 aromatic rings. The van der Waals surface area contributed by atoms with Crippen LogP contribution in [0.3, 0.4) is 0 Å². The summed E-state index contributed by atoms with van der Waals surface area (Å²) >= 11 is 15.0. The summed E-state index contributed by atoms with van der Waals surface area (Å²) in [5.74, 6) is -2.03. The predicted molar refractivity (Wildman–Crippen MR) is 111 cm³/mol. The molecule has 0 fully saturated rings. The average Bonchev–Trinajstić information content (AvgIpc) is 2.50. The molecule has 3 atom stereocenters. The molecule has 0 rings (SSSR count). The molecule has 2 unspecified atom stereocenters. The Bertz CT molecular complexity index is 532. The molecule has 0 spiro atoms. The van der Waals surface area contributed by atoms with E-state index in [1.165, 1.54) is 0 Å². The summed E-state index contributed by atoms with van der Waals surface area (Å²) in [6, 6.07) is -0.816. The first-order valence-electron chi connectivity index (χ1n) is 6.92. The van der Waals surface area contributed by atoms with E-state index in [-0.39, 0.29) is 59.2 Å². The quantitative estimate of drug-likeness (QED) is 0.0993. The van der Waals surface area contributed by atoms with Gasteiger partial charge in [-0.05, 0) is 6.92 Å². The maximum absolute atomic E-state index is 10.7. The van der Waals surface area contributed by atoms with Crippen molar-refractivity contribution in [2.45, 2.75) is 36.3 Å². The van der Waals surface area contributed by atoms with E-state index in [0.717, 1.165) is 0 Å². The van der Waals surface area contributed by atoms with Gasteiger partial charge in [0.05, 0.1) is 27.5 Å². The molecule has 0 saturated carbocycles. The van der Waals surface area contributed by atoms with Crippen LogP contribution in [-0.4, -0.2) is 74.7 Å². The van der Waals surface area contributed by atoms with Crippen LogP contribution in [0.5, 0.6) is 0 Å². The summed E-state index contributed by atoms with van der Waals surface area (Å²) in [4.78, 5) is 30.4. The van der Waals surface area contributed by atoms with Crippen molar-refractivity contribution in [2.75, 3.05) is 17.3 Å². The second-order valence-electron chi connectivity index (χ2n) is 4.72. The number of carboxylic acid groups (broad SMARTS) is 2. The Morgan fingerprint density at radius 3 is 1.67 bits per heavy atom. The van der Waals surface area contributed by atoms with Crippen molar-refractivity contribution in [3.8, 4) is 0 Å². The van der Waals surface area contributed by atoms with Gasteiger partial charge in [-0.25, -0.2) is 8.42 Å². The Labute approximate surface area is 203 Å². The van der Waals surface area contributed by atoms with E-state index in [4.69, 9.17) is 15.9 Å². The Morgan fingerprint density at radius 2 is 1.52 bits per heavy atom. The number of nitrogens with two attached hydrogens (primary N) is 1. The molecular weight excluding hydrogens is 469 g/mol. The van der Waals surface area contributed by atoms with Crippen LogP contribution in [0.1, 0.15) is 19.8 Å². The standard InChI is InChI=1S/C6H10O3S.C3H7NO2S.C3H8O3S3.Na/c1-4(10)5(7)2-3-6(8)9;4-2(1-7)3(5)6;4-9(5,6)2-3(8)1-7;/h4,10H,2-3H2,1H3,(H,8,9);2,7H,1,4H2,(H,5,6);3,7-8H,1-2H2,(H,4,5,6);/q;;;+1/p-1/t;2-;;/m.0../s1. The van der Waals surface area contributed by atoms with Crippen LogP contribution in [0.2, 0.25) is 0 Å². The average molecular weight is 494 g/mol. The van der Waals surface area contributed by atoms with Crippen LogP contribution in [0, 0.1) is 0 Å². The maximum atomic E-state index is 10.7. The van der Waals surface area contributed by atoms with Crippen molar-refractivity contribution in [3.05, 3.63) is 0 Å². The summed E-state index contributed by atoms with van der Waals surface area (Å²) < 4.78 is 29.9. The van der Waals surface area contributed by atoms with Crippen molar-refractivity contribution in [1.82, 2.24) is 0 Å². The fourth-order valence-corrected chi connectivity index (χ4v) is 2.53. The maximum Gasteiger partial charge on any atom is 1.00 e. The number of Topliss-reactive ketones (excluding diaryl/α,β-unsaturated/α-hetero) is 1. The zero-order valence-corrected chi connectivity index (χ0v) is 21.3. The summed E-state index contributed by atoms with van der Waals surface area (Å²) in [6.07, 6.45) is -0.0102. The van der Waals surface area contributed by atoms with Gasteiger partial charge >= 0.3 is 41.5 Å². The minimum Gasteiger partial charge on any atom is -0.748 e. The van der Waals surface area contributed by atoms with Crippen LogP contribution in [0.25, 0.3) is 0 Å². The van der Waals surface area contributed by atoms with Gasteiger partial charge in [-0.1, -0.05) is 0 Å². The third-order valence-electron chi connectivity index (χ3n) is 2.17. The summed E-state index contributed by atoms with van der Waals surface area (Å²) in [5, 5.41) is 15.4. The van der Waals surface area contributed by atoms with Crippen LogP contribution in [-0.2, 0) is 24.5 Å². The van der Waals surface area contributed by atoms with Gasteiger partial charge in [0, 0.05) is 23.2 Å². The molecule has 0 aliphatic heterocycles. The van der Waals surface area contributed by atoms with Crippen molar-refractivity contribution < 1.29 is 67.1 Å². The fraction of sp³-hybridized carbons (Fsp3) is 0.750. The van der Waals surface area contributed by atoms with Crippen molar-refractivity contribution in [2.24, 2.45) is 5.73 Å². The molecule has 0 bridgehead atoms. The molecule has 0 aromatic carbocycles. The number of hydrogen-bond acceptors (Lipinski definition) is 11. The minimum absolute atomic E-state index is 0. The third kappa shape index (κ3) is 31.8. The van der Waals surface area contributed by atoms with Crippen LogP contribution in [0.4, 0.5) is 0 Å².